The summed E-state index contributed by atoms with van der Waals surface area (Å²) in [4.78, 5) is 0. The zero-order valence-electron chi connectivity index (χ0n) is 9.61. The van der Waals surface area contributed by atoms with E-state index < -0.39 is 24.3 Å². The Balaban J connectivity index is 0. The molecule has 0 spiro atoms. The molecule has 3 radical (unpaired) electrons. The fourth-order valence-electron chi connectivity index (χ4n) is 1.50. The predicted octanol–water partition coefficient (Wildman–Crippen LogP) is -0.199. The third kappa shape index (κ3) is 6.28. The number of rotatable bonds is 5. The van der Waals surface area contributed by atoms with E-state index >= 15 is 0 Å². The van der Waals surface area contributed by atoms with Crippen LogP contribution in [0.3, 0.4) is 0 Å². The van der Waals surface area contributed by atoms with Gasteiger partial charge in [-0.2, -0.15) is 5.26 Å². The number of hydrogen-bond acceptors (Lipinski definition) is 5. The first-order valence-electron chi connectivity index (χ1n) is 4.77. The van der Waals surface area contributed by atoms with Crippen molar-refractivity contribution in [1.29, 1.82) is 5.26 Å². The molecular formula is C9H15BINO4Y. The van der Waals surface area contributed by atoms with Crippen molar-refractivity contribution in [3.05, 3.63) is 0 Å². The molecule has 1 heterocycles. The van der Waals surface area contributed by atoms with E-state index in [4.69, 9.17) is 27.3 Å². The molecule has 1 unspecified atom stereocenters. The van der Waals surface area contributed by atoms with E-state index in [1.165, 1.54) is 7.11 Å². The van der Waals surface area contributed by atoms with Crippen molar-refractivity contribution in [3.8, 4) is 6.07 Å². The van der Waals surface area contributed by atoms with E-state index in [1.54, 1.807) is 0 Å². The molecule has 5 nitrogen and oxygen atoms in total. The van der Waals surface area contributed by atoms with E-state index in [-0.39, 0.29) is 76.3 Å². The van der Waals surface area contributed by atoms with Gasteiger partial charge < -0.3 is 19.3 Å². The molecule has 0 aromatic rings. The summed E-state index contributed by atoms with van der Waals surface area (Å²) in [6, 6.07) is 1.28. The average Bonchev–Trinajstić information content (AvgIpc) is 2.46. The van der Waals surface area contributed by atoms with Gasteiger partial charge in [0.1, 0.15) is 26.2 Å². The van der Waals surface area contributed by atoms with Crippen LogP contribution >= 0.6 is 24.0 Å². The molecule has 1 aliphatic rings. The number of aliphatic hydroxyl groups is 1. The van der Waals surface area contributed by atoms with Crippen LogP contribution in [-0.4, -0.2) is 57.6 Å². The molecule has 0 aliphatic carbocycles. The molecule has 1 fully saturated rings. The third-order valence-corrected chi connectivity index (χ3v) is 2.23. The van der Waals surface area contributed by atoms with Crippen molar-refractivity contribution in [3.63, 3.8) is 0 Å². The molecule has 0 aromatic heterocycles. The van der Waals surface area contributed by atoms with E-state index in [0.29, 0.717) is 0 Å². The maximum atomic E-state index is 9.76. The van der Waals surface area contributed by atoms with Crippen LogP contribution in [0.5, 0.6) is 0 Å². The van der Waals surface area contributed by atoms with Crippen LogP contribution in [0.4, 0.5) is 0 Å². The minimum absolute atomic E-state index is 0. The fourth-order valence-corrected chi connectivity index (χ4v) is 1.50. The molecule has 1 saturated heterocycles. The van der Waals surface area contributed by atoms with Crippen LogP contribution in [-0.2, 0) is 46.9 Å². The van der Waals surface area contributed by atoms with Gasteiger partial charge in [0, 0.05) is 45.8 Å². The summed E-state index contributed by atoms with van der Waals surface area (Å²) in [5, 5.41) is 18.1. The molecule has 17 heavy (non-hydrogen) atoms. The Morgan fingerprint density at radius 1 is 1.53 bits per heavy atom. The summed E-state index contributed by atoms with van der Waals surface area (Å²) in [5.74, 6) is 0. The summed E-state index contributed by atoms with van der Waals surface area (Å²) in [6.45, 7) is 0.516. The van der Waals surface area contributed by atoms with Gasteiger partial charge in [0.05, 0.1) is 25.7 Å². The average molecular weight is 428 g/mol. The van der Waals surface area contributed by atoms with Gasteiger partial charge in [0.15, 0.2) is 0 Å². The number of aliphatic hydroxyl groups excluding tert-OH is 1. The number of hydrogen-bond donors (Lipinski definition) is 1. The summed E-state index contributed by atoms with van der Waals surface area (Å²) < 4.78 is 15.4. The number of halogens is 1. The van der Waals surface area contributed by atoms with Crippen LogP contribution in [0, 0.1) is 11.3 Å². The molecule has 0 saturated carbocycles. The van der Waals surface area contributed by atoms with Gasteiger partial charge in [-0.15, -0.1) is 24.0 Å². The van der Waals surface area contributed by atoms with E-state index in [1.807, 2.05) is 6.07 Å². The molecule has 1 rings (SSSR count). The number of nitrogens with zero attached hydrogens (tertiary/aromatic N) is 1. The molecule has 8 heteroatoms. The van der Waals surface area contributed by atoms with Crippen molar-refractivity contribution in [2.24, 2.45) is 0 Å². The molecule has 0 aromatic carbocycles. The van der Waals surface area contributed by atoms with Crippen molar-refractivity contribution >= 4 is 31.8 Å². The fraction of sp³-hybridized carbons (Fsp3) is 0.889. The topological polar surface area (TPSA) is 71.7 Å². The van der Waals surface area contributed by atoms with Gasteiger partial charge in [0.25, 0.3) is 0 Å². The van der Waals surface area contributed by atoms with Gasteiger partial charge >= 0.3 is 0 Å². The van der Waals surface area contributed by atoms with Crippen molar-refractivity contribution in [2.45, 2.75) is 30.7 Å². The van der Waals surface area contributed by atoms with E-state index in [2.05, 4.69) is 0 Å². The van der Waals surface area contributed by atoms with E-state index in [9.17, 15) is 5.11 Å². The predicted molar refractivity (Wildman–Crippen MR) is 67.7 cm³/mol. The van der Waals surface area contributed by atoms with Crippen molar-refractivity contribution < 1.29 is 52.0 Å². The van der Waals surface area contributed by atoms with E-state index in [0.717, 1.165) is 0 Å². The van der Waals surface area contributed by atoms with Crippen LogP contribution < -0.4 is 0 Å². The summed E-state index contributed by atoms with van der Waals surface area (Å²) >= 11 is 0. The smallest absolute Gasteiger partial charge is 0.112 e. The number of nitriles is 1. The molecule has 0 bridgehead atoms. The van der Waals surface area contributed by atoms with Gasteiger partial charge in [-0.1, -0.05) is 0 Å². The molecular weight excluding hydrogens is 413 g/mol. The van der Waals surface area contributed by atoms with Crippen LogP contribution in [0.1, 0.15) is 6.42 Å². The Kier molecular flexibility index (Phi) is 13.4. The molecule has 1 aliphatic heterocycles. The van der Waals surface area contributed by atoms with Crippen molar-refractivity contribution in [2.75, 3.05) is 20.3 Å². The number of ether oxygens (including phenoxy) is 3. The second kappa shape index (κ2) is 11.1. The Morgan fingerprint density at radius 2 is 2.18 bits per heavy atom. The first-order valence-corrected chi connectivity index (χ1v) is 4.77. The molecule has 1 N–H and O–H groups in total. The Morgan fingerprint density at radius 3 is 2.71 bits per heavy atom. The monoisotopic (exact) mass is 428 g/mol. The minimum atomic E-state index is -0.807. The number of methoxy groups -OCH3 is 1. The zero-order valence-corrected chi connectivity index (χ0v) is 14.8. The Hall–Kier alpha value is 1.23. The van der Waals surface area contributed by atoms with Crippen LogP contribution in [0.2, 0.25) is 0 Å². The van der Waals surface area contributed by atoms with Crippen LogP contribution in [0.15, 0.2) is 0 Å². The SMILES string of the molecule is I.[B][C@@H]1O[C@H](COC)C(O)[C@@H]1OCCC#N.[Y]. The van der Waals surface area contributed by atoms with Gasteiger partial charge in [-0.3, -0.25) is 0 Å². The standard InChI is InChI=1S/C9H14BNO4.HI.Y/c1-13-5-6-7(12)8(9(10)15-6)14-4-2-3-11;;/h6-9,12H,2,4-5H2,1H3;1H;/t6-,7?,8+,9-;;/m1../s1. The first kappa shape index (κ1) is 20.5. The quantitative estimate of drug-likeness (QED) is 0.374. The second-order valence-corrected chi connectivity index (χ2v) is 3.33. The Labute approximate surface area is 145 Å². The van der Waals surface area contributed by atoms with Gasteiger partial charge in [0.2, 0.25) is 0 Å². The second-order valence-electron chi connectivity index (χ2n) is 3.33. The maximum Gasteiger partial charge on any atom is 0.112 e. The molecule has 0 amide bonds. The third-order valence-electron chi connectivity index (χ3n) is 2.23. The van der Waals surface area contributed by atoms with Crippen LogP contribution in [0.25, 0.3) is 0 Å². The molecule has 4 atom stereocenters. The normalized spacial score (nSPS) is 31.1. The Bertz CT molecular complexity index is 244. The maximum absolute atomic E-state index is 9.76. The van der Waals surface area contributed by atoms with Gasteiger partial charge in [-0.05, 0) is 0 Å². The van der Waals surface area contributed by atoms with Gasteiger partial charge in [-0.25, -0.2) is 0 Å². The summed E-state index contributed by atoms with van der Waals surface area (Å²) in [7, 11) is 7.15. The zero-order chi connectivity index (χ0) is 11.3. The summed E-state index contributed by atoms with van der Waals surface area (Å²) in [5.41, 5.74) is 0. The van der Waals surface area contributed by atoms with Crippen molar-refractivity contribution in [1.82, 2.24) is 0 Å². The largest absolute Gasteiger partial charge is 0.388 e. The molecule has 93 valence electrons. The summed E-state index contributed by atoms with van der Waals surface area (Å²) in [6.07, 6.45) is -1.58. The first-order chi connectivity index (χ1) is 7.20. The minimum Gasteiger partial charge on any atom is -0.388 e.